The molecule has 1 atom stereocenters. The van der Waals surface area contributed by atoms with Gasteiger partial charge in [-0.1, -0.05) is 0 Å². The maximum absolute atomic E-state index is 11.5. The molecule has 0 saturated heterocycles. The maximum atomic E-state index is 11.5. The molecule has 6 heteroatoms. The predicted octanol–water partition coefficient (Wildman–Crippen LogP) is 0.850. The van der Waals surface area contributed by atoms with E-state index < -0.39 is 0 Å². The fraction of sp³-hybridized carbons (Fsp3) is 0.667. The molecule has 0 aliphatic heterocycles. The van der Waals surface area contributed by atoms with Gasteiger partial charge in [0, 0.05) is 25.2 Å². The van der Waals surface area contributed by atoms with Gasteiger partial charge in [0.15, 0.2) is 0 Å². The Labute approximate surface area is 113 Å². The van der Waals surface area contributed by atoms with E-state index in [4.69, 9.17) is 10.5 Å². The molecular weight excluding hydrogens is 254 g/mol. The Morgan fingerprint density at radius 3 is 2.94 bits per heavy atom. The number of nitrogens with two attached hydrogens (primary N) is 1. The Balaban J connectivity index is 0.00000162. The van der Waals surface area contributed by atoms with Crippen molar-refractivity contribution in [1.29, 1.82) is 0 Å². The number of fused-ring (bicyclic) bond motifs is 1. The summed E-state index contributed by atoms with van der Waals surface area (Å²) in [6.07, 6.45) is 2.42. The smallest absolute Gasteiger partial charge is 0.309 e. The van der Waals surface area contributed by atoms with Crippen LogP contribution in [0, 0.1) is 12.8 Å². The van der Waals surface area contributed by atoms with Gasteiger partial charge >= 0.3 is 5.97 Å². The number of carbonyl (C=O) groups excluding carboxylic acids is 1. The van der Waals surface area contributed by atoms with Crippen molar-refractivity contribution < 1.29 is 9.53 Å². The van der Waals surface area contributed by atoms with Gasteiger partial charge in [0.2, 0.25) is 0 Å². The molecule has 2 N–H and O–H groups in total. The first kappa shape index (κ1) is 15.0. The van der Waals surface area contributed by atoms with Gasteiger partial charge in [0.25, 0.3) is 0 Å². The van der Waals surface area contributed by atoms with Crippen LogP contribution in [0.2, 0.25) is 0 Å². The summed E-state index contributed by atoms with van der Waals surface area (Å²) >= 11 is 0. The first-order valence-electron chi connectivity index (χ1n) is 6.00. The summed E-state index contributed by atoms with van der Waals surface area (Å²) in [4.78, 5) is 16.1. The molecule has 18 heavy (non-hydrogen) atoms. The molecule has 1 unspecified atom stereocenters. The molecule has 0 aromatic carbocycles. The number of rotatable bonds is 3. The van der Waals surface area contributed by atoms with Crippen LogP contribution in [-0.2, 0) is 28.9 Å². The molecule has 1 aromatic heterocycles. The van der Waals surface area contributed by atoms with Crippen molar-refractivity contribution in [1.82, 2.24) is 9.55 Å². The van der Waals surface area contributed by atoms with E-state index in [1.165, 1.54) is 12.8 Å². The molecular formula is C12H20ClN3O2. The van der Waals surface area contributed by atoms with E-state index in [1.54, 1.807) is 0 Å². The second-order valence-electron chi connectivity index (χ2n) is 4.46. The number of nitrogens with zero attached hydrogens (tertiary/aromatic N) is 2. The van der Waals surface area contributed by atoms with Crippen molar-refractivity contribution in [2.75, 3.05) is 13.7 Å². The van der Waals surface area contributed by atoms with Crippen molar-refractivity contribution >= 4 is 18.4 Å². The molecule has 0 saturated carbocycles. The summed E-state index contributed by atoms with van der Waals surface area (Å²) in [6, 6.07) is 0. The Kier molecular flexibility index (Phi) is 5.16. The lowest BCUT2D eigenvalue weighted by atomic mass is 9.90. The van der Waals surface area contributed by atoms with Gasteiger partial charge in [-0.15, -0.1) is 12.4 Å². The summed E-state index contributed by atoms with van der Waals surface area (Å²) in [5.41, 5.74) is 7.88. The Morgan fingerprint density at radius 2 is 2.33 bits per heavy atom. The number of halogens is 1. The van der Waals surface area contributed by atoms with E-state index in [9.17, 15) is 4.79 Å². The van der Waals surface area contributed by atoms with Gasteiger partial charge in [-0.05, 0) is 19.8 Å². The van der Waals surface area contributed by atoms with Crippen molar-refractivity contribution in [3.05, 3.63) is 17.2 Å². The SMILES string of the molecule is COC(=O)C1CCc2c(nc(C)n2CCN)C1.Cl. The molecule has 0 amide bonds. The van der Waals surface area contributed by atoms with Gasteiger partial charge in [-0.3, -0.25) is 4.79 Å². The molecule has 1 aliphatic rings. The third-order valence-electron chi connectivity index (χ3n) is 3.40. The van der Waals surface area contributed by atoms with Gasteiger partial charge in [-0.2, -0.15) is 0 Å². The van der Waals surface area contributed by atoms with Gasteiger partial charge in [-0.25, -0.2) is 4.98 Å². The Morgan fingerprint density at radius 1 is 1.61 bits per heavy atom. The van der Waals surface area contributed by atoms with E-state index in [1.807, 2.05) is 6.92 Å². The predicted molar refractivity (Wildman–Crippen MR) is 70.8 cm³/mol. The molecule has 102 valence electrons. The quantitative estimate of drug-likeness (QED) is 0.829. The number of imidazole rings is 1. The average Bonchev–Trinajstić information content (AvgIpc) is 2.64. The van der Waals surface area contributed by atoms with E-state index in [-0.39, 0.29) is 24.3 Å². The zero-order valence-corrected chi connectivity index (χ0v) is 11.6. The molecule has 0 radical (unpaired) electrons. The van der Waals surface area contributed by atoms with Crippen molar-refractivity contribution in [3.8, 4) is 0 Å². The third-order valence-corrected chi connectivity index (χ3v) is 3.40. The largest absolute Gasteiger partial charge is 0.469 e. The van der Waals surface area contributed by atoms with Gasteiger partial charge < -0.3 is 15.0 Å². The molecule has 0 fully saturated rings. The lowest BCUT2D eigenvalue weighted by Crippen LogP contribution is -2.25. The monoisotopic (exact) mass is 273 g/mol. The van der Waals surface area contributed by atoms with Crippen LogP contribution >= 0.6 is 12.4 Å². The first-order chi connectivity index (χ1) is 8.17. The fourth-order valence-corrected chi connectivity index (χ4v) is 2.55. The van der Waals surface area contributed by atoms with E-state index in [0.29, 0.717) is 13.0 Å². The highest BCUT2D eigenvalue weighted by atomic mass is 35.5. The van der Waals surface area contributed by atoms with E-state index >= 15 is 0 Å². The summed E-state index contributed by atoms with van der Waals surface area (Å²) in [7, 11) is 1.44. The topological polar surface area (TPSA) is 70.1 Å². The van der Waals surface area contributed by atoms with E-state index in [2.05, 4.69) is 9.55 Å². The van der Waals surface area contributed by atoms with E-state index in [0.717, 1.165) is 30.9 Å². The third kappa shape index (κ3) is 2.67. The molecule has 1 aromatic rings. The number of hydrogen-bond donors (Lipinski definition) is 1. The average molecular weight is 274 g/mol. The Hall–Kier alpha value is -1.07. The van der Waals surface area contributed by atoms with Crippen molar-refractivity contribution in [2.24, 2.45) is 11.7 Å². The summed E-state index contributed by atoms with van der Waals surface area (Å²) in [5.74, 6) is 0.834. The standard InChI is InChI=1S/C12H19N3O2.ClH/c1-8-14-10-7-9(12(16)17-2)3-4-11(10)15(8)6-5-13;/h9H,3-7,13H2,1-2H3;1H. The second kappa shape index (κ2) is 6.20. The lowest BCUT2D eigenvalue weighted by Gasteiger charge is -2.20. The summed E-state index contributed by atoms with van der Waals surface area (Å²) in [5, 5.41) is 0. The zero-order chi connectivity index (χ0) is 12.4. The van der Waals surface area contributed by atoms with Crippen LogP contribution in [0.25, 0.3) is 0 Å². The van der Waals surface area contributed by atoms with Crippen LogP contribution in [0.15, 0.2) is 0 Å². The van der Waals surface area contributed by atoms with Crippen molar-refractivity contribution in [3.63, 3.8) is 0 Å². The second-order valence-corrected chi connectivity index (χ2v) is 4.46. The minimum Gasteiger partial charge on any atom is -0.469 e. The molecule has 5 nitrogen and oxygen atoms in total. The summed E-state index contributed by atoms with van der Waals surface area (Å²) < 4.78 is 6.97. The lowest BCUT2D eigenvalue weighted by molar-refractivity contribution is -0.145. The maximum Gasteiger partial charge on any atom is 0.309 e. The van der Waals surface area contributed by atoms with Crippen LogP contribution in [0.4, 0.5) is 0 Å². The summed E-state index contributed by atoms with van der Waals surface area (Å²) in [6.45, 7) is 3.41. The van der Waals surface area contributed by atoms with Crippen molar-refractivity contribution in [2.45, 2.75) is 32.7 Å². The van der Waals surface area contributed by atoms with Crippen LogP contribution in [0.3, 0.4) is 0 Å². The number of ether oxygens (including phenoxy) is 1. The number of aromatic nitrogens is 2. The number of methoxy groups -OCH3 is 1. The first-order valence-corrected chi connectivity index (χ1v) is 6.00. The number of carbonyl (C=O) groups is 1. The minimum absolute atomic E-state index is 0. The molecule has 0 spiro atoms. The zero-order valence-electron chi connectivity index (χ0n) is 10.8. The van der Waals surface area contributed by atoms with Gasteiger partial charge in [0.05, 0.1) is 18.7 Å². The Bertz CT molecular complexity index is 431. The molecule has 0 bridgehead atoms. The normalized spacial score (nSPS) is 17.8. The highest BCUT2D eigenvalue weighted by Crippen LogP contribution is 2.26. The highest BCUT2D eigenvalue weighted by molar-refractivity contribution is 5.85. The highest BCUT2D eigenvalue weighted by Gasteiger charge is 2.29. The van der Waals surface area contributed by atoms with Crippen LogP contribution in [-0.4, -0.2) is 29.2 Å². The molecule has 1 aliphatic carbocycles. The number of esters is 1. The van der Waals surface area contributed by atoms with Gasteiger partial charge in [0.1, 0.15) is 5.82 Å². The molecule has 2 rings (SSSR count). The fourth-order valence-electron chi connectivity index (χ4n) is 2.55. The molecule has 1 heterocycles. The van der Waals surface area contributed by atoms with Crippen LogP contribution in [0.5, 0.6) is 0 Å². The van der Waals surface area contributed by atoms with Crippen LogP contribution < -0.4 is 5.73 Å². The number of aryl methyl sites for hydroxylation is 1. The number of hydrogen-bond acceptors (Lipinski definition) is 4. The minimum atomic E-state index is -0.123. The van der Waals surface area contributed by atoms with Crippen LogP contribution in [0.1, 0.15) is 23.6 Å².